The van der Waals surface area contributed by atoms with Gasteiger partial charge in [-0.05, 0) is 44.3 Å². The van der Waals surface area contributed by atoms with Crippen LogP contribution >= 0.6 is 0 Å². The lowest BCUT2D eigenvalue weighted by atomic mass is 10.1. The molecular formula is C23H32N6O2. The number of fused-ring (bicyclic) bond motifs is 1. The summed E-state index contributed by atoms with van der Waals surface area (Å²) in [5.41, 5.74) is 4.26. The Hall–Kier alpha value is -3.13. The van der Waals surface area contributed by atoms with E-state index in [1.807, 2.05) is 16.8 Å². The molecule has 1 aliphatic heterocycles. The molecule has 3 heterocycles. The maximum atomic E-state index is 8.36. The van der Waals surface area contributed by atoms with Gasteiger partial charge in [0.05, 0.1) is 17.6 Å². The molecule has 4 rings (SSSR count). The van der Waals surface area contributed by atoms with Crippen molar-refractivity contribution >= 4 is 23.6 Å². The third-order valence-corrected chi connectivity index (χ3v) is 5.45. The number of imidazole rings is 1. The van der Waals surface area contributed by atoms with Crippen molar-refractivity contribution in [1.29, 1.82) is 0 Å². The zero-order chi connectivity index (χ0) is 22.2. The summed E-state index contributed by atoms with van der Waals surface area (Å²) in [4.78, 5) is 13.0. The van der Waals surface area contributed by atoms with E-state index in [1.54, 1.807) is 0 Å². The van der Waals surface area contributed by atoms with Crippen LogP contribution in [0.5, 0.6) is 0 Å². The highest BCUT2D eigenvalue weighted by atomic mass is 16.3. The average molecular weight is 425 g/mol. The molecule has 2 aromatic heterocycles. The third kappa shape index (κ3) is 5.73. The van der Waals surface area contributed by atoms with Gasteiger partial charge in [-0.1, -0.05) is 44.2 Å². The Balaban J connectivity index is 0.000000858. The second-order valence-electron chi connectivity index (χ2n) is 8.07. The number of benzene rings is 1. The van der Waals surface area contributed by atoms with Crippen molar-refractivity contribution in [2.24, 2.45) is 0 Å². The smallest absolute Gasteiger partial charge is 0.290 e. The highest BCUT2D eigenvalue weighted by Gasteiger charge is 2.18. The minimum Gasteiger partial charge on any atom is -0.483 e. The lowest BCUT2D eigenvalue weighted by molar-refractivity contribution is -0.122. The molecule has 1 saturated heterocycles. The number of aromatic nitrogens is 3. The summed E-state index contributed by atoms with van der Waals surface area (Å²) < 4.78 is 1.99. The van der Waals surface area contributed by atoms with E-state index >= 15 is 0 Å². The molecule has 0 unspecified atom stereocenters. The maximum Gasteiger partial charge on any atom is 0.290 e. The number of hydrogen-bond acceptors (Lipinski definition) is 6. The summed E-state index contributed by atoms with van der Waals surface area (Å²) in [5, 5.41) is 22.5. The van der Waals surface area contributed by atoms with Crippen molar-refractivity contribution in [1.82, 2.24) is 19.9 Å². The largest absolute Gasteiger partial charge is 0.483 e. The van der Waals surface area contributed by atoms with Gasteiger partial charge in [0.25, 0.3) is 6.47 Å². The fourth-order valence-corrected chi connectivity index (χ4v) is 3.79. The molecule has 3 aromatic rings. The maximum absolute atomic E-state index is 8.36. The molecule has 1 aromatic carbocycles. The molecule has 1 fully saturated rings. The minimum absolute atomic E-state index is 0.179. The van der Waals surface area contributed by atoms with Crippen molar-refractivity contribution < 1.29 is 9.90 Å². The highest BCUT2D eigenvalue weighted by molar-refractivity contribution is 5.71. The first-order valence-corrected chi connectivity index (χ1v) is 10.8. The van der Waals surface area contributed by atoms with E-state index in [-0.39, 0.29) is 12.5 Å². The van der Waals surface area contributed by atoms with Crippen LogP contribution in [0.4, 0.5) is 11.5 Å². The fraction of sp³-hybridized carbons (Fsp3) is 0.435. The lowest BCUT2D eigenvalue weighted by Gasteiger charge is -2.25. The van der Waals surface area contributed by atoms with E-state index in [1.165, 1.54) is 5.56 Å². The van der Waals surface area contributed by atoms with Crippen molar-refractivity contribution in [3.8, 4) is 0 Å². The predicted octanol–water partition coefficient (Wildman–Crippen LogP) is 3.89. The summed E-state index contributed by atoms with van der Waals surface area (Å²) in [6.07, 6.45) is 4.17. The number of nitrogens with zero attached hydrogens (tertiary/aromatic N) is 3. The van der Waals surface area contributed by atoms with Crippen LogP contribution in [0.3, 0.4) is 0 Å². The molecule has 0 spiro atoms. The Morgan fingerprint density at radius 1 is 1.19 bits per heavy atom. The summed E-state index contributed by atoms with van der Waals surface area (Å²) in [5.74, 6) is 1.26. The van der Waals surface area contributed by atoms with Gasteiger partial charge in [-0.2, -0.15) is 0 Å². The first-order valence-electron chi connectivity index (χ1n) is 10.8. The van der Waals surface area contributed by atoms with E-state index in [9.17, 15) is 0 Å². The summed E-state index contributed by atoms with van der Waals surface area (Å²) in [6.45, 7) is 8.39. The normalized spacial score (nSPS) is 15.2. The summed E-state index contributed by atoms with van der Waals surface area (Å²) in [6, 6.07) is 13.2. The van der Waals surface area contributed by atoms with E-state index in [0.717, 1.165) is 48.8 Å². The number of carbonyl (C=O) groups is 1. The third-order valence-electron chi connectivity index (χ3n) is 5.45. The number of anilines is 2. The van der Waals surface area contributed by atoms with Crippen LogP contribution < -0.4 is 16.0 Å². The molecule has 31 heavy (non-hydrogen) atoms. The van der Waals surface area contributed by atoms with Crippen LogP contribution in [0.25, 0.3) is 5.65 Å². The van der Waals surface area contributed by atoms with Crippen molar-refractivity contribution in [2.75, 3.05) is 23.7 Å². The van der Waals surface area contributed by atoms with Gasteiger partial charge >= 0.3 is 0 Å². The van der Waals surface area contributed by atoms with Crippen LogP contribution in [-0.2, 0) is 4.79 Å². The van der Waals surface area contributed by atoms with E-state index in [0.29, 0.717) is 12.0 Å². The molecular weight excluding hydrogens is 392 g/mol. The molecule has 0 amide bonds. The Morgan fingerprint density at radius 3 is 2.52 bits per heavy atom. The molecule has 0 saturated carbocycles. The van der Waals surface area contributed by atoms with E-state index in [2.05, 4.69) is 72.0 Å². The van der Waals surface area contributed by atoms with Gasteiger partial charge in [-0.3, -0.25) is 4.79 Å². The standard InChI is InChI=1S/C22H30N6.CH2O2/c1-15(2)20-14-24-22-19(25-16(3)17-7-5-4-6-8-17)13-21(27-28(20)22)26-18-9-11-23-12-10-18;2-1-3/h4-8,13-16,18,23,25H,9-12H2,1-3H3,(H,26,27);1H,(H,2,3)/t16-;/m0./s1. The molecule has 0 radical (unpaired) electrons. The van der Waals surface area contributed by atoms with Crippen molar-refractivity contribution in [3.05, 3.63) is 53.9 Å². The van der Waals surface area contributed by atoms with Crippen molar-refractivity contribution in [2.45, 2.75) is 51.6 Å². The van der Waals surface area contributed by atoms with Crippen molar-refractivity contribution in [3.63, 3.8) is 0 Å². The number of carboxylic acid groups (broad SMARTS) is 1. The summed E-state index contributed by atoms with van der Waals surface area (Å²) in [7, 11) is 0. The Kier molecular flexibility index (Phi) is 7.83. The summed E-state index contributed by atoms with van der Waals surface area (Å²) >= 11 is 0. The zero-order valence-corrected chi connectivity index (χ0v) is 18.4. The predicted molar refractivity (Wildman–Crippen MR) is 124 cm³/mol. The Morgan fingerprint density at radius 2 is 1.87 bits per heavy atom. The second-order valence-corrected chi connectivity index (χ2v) is 8.07. The monoisotopic (exact) mass is 424 g/mol. The van der Waals surface area contributed by atoms with Crippen LogP contribution in [0.15, 0.2) is 42.6 Å². The first kappa shape index (κ1) is 22.6. The molecule has 4 N–H and O–H groups in total. The van der Waals surface area contributed by atoms with Gasteiger partial charge in [0, 0.05) is 18.2 Å². The number of piperidine rings is 1. The highest BCUT2D eigenvalue weighted by Crippen LogP contribution is 2.27. The molecule has 1 aliphatic rings. The van der Waals surface area contributed by atoms with Gasteiger partial charge < -0.3 is 21.1 Å². The number of rotatable bonds is 6. The van der Waals surface area contributed by atoms with Crippen LogP contribution in [0, 0.1) is 0 Å². The van der Waals surface area contributed by atoms with Crippen LogP contribution in [0.2, 0.25) is 0 Å². The quantitative estimate of drug-likeness (QED) is 0.445. The van der Waals surface area contributed by atoms with Crippen LogP contribution in [-0.4, -0.2) is 45.3 Å². The van der Waals surface area contributed by atoms with Gasteiger partial charge in [-0.25, -0.2) is 9.50 Å². The molecule has 166 valence electrons. The Bertz CT molecular complexity index is 967. The molecule has 8 nitrogen and oxygen atoms in total. The van der Waals surface area contributed by atoms with E-state index < -0.39 is 0 Å². The van der Waals surface area contributed by atoms with Gasteiger partial charge in [0.2, 0.25) is 0 Å². The molecule has 0 bridgehead atoms. The molecule has 0 aliphatic carbocycles. The van der Waals surface area contributed by atoms with Gasteiger partial charge in [0.1, 0.15) is 5.82 Å². The number of nitrogens with one attached hydrogen (secondary N) is 3. The van der Waals surface area contributed by atoms with Gasteiger partial charge in [0.15, 0.2) is 5.65 Å². The SMILES string of the molecule is CC(C)c1cnc2c(N[C@@H](C)c3ccccc3)cc(NC3CCNCC3)nn12.O=CO. The second kappa shape index (κ2) is 10.8. The van der Waals surface area contributed by atoms with E-state index in [4.69, 9.17) is 15.0 Å². The van der Waals surface area contributed by atoms with Gasteiger partial charge in [-0.15, -0.1) is 5.10 Å². The molecule has 1 atom stereocenters. The lowest BCUT2D eigenvalue weighted by Crippen LogP contribution is -2.35. The minimum atomic E-state index is -0.250. The fourth-order valence-electron chi connectivity index (χ4n) is 3.79. The Labute approximate surface area is 183 Å². The average Bonchev–Trinajstić information content (AvgIpc) is 3.20. The topological polar surface area (TPSA) is 104 Å². The molecule has 8 heteroatoms. The van der Waals surface area contributed by atoms with Crippen LogP contribution in [0.1, 0.15) is 56.8 Å². The number of hydrogen-bond donors (Lipinski definition) is 4. The first-order chi connectivity index (χ1) is 15.0. The zero-order valence-electron chi connectivity index (χ0n) is 18.4.